The predicted molar refractivity (Wildman–Crippen MR) is 105 cm³/mol. The van der Waals surface area contributed by atoms with E-state index in [0.29, 0.717) is 13.0 Å². The van der Waals surface area contributed by atoms with Gasteiger partial charge in [-0.1, -0.05) is 12.1 Å². The summed E-state index contributed by atoms with van der Waals surface area (Å²) in [4.78, 5) is 17.9. The Hall–Kier alpha value is -2.90. The number of unbranched alkanes of at least 4 members (excludes halogenated alkanes) is 1. The number of rotatable bonds is 8. The van der Waals surface area contributed by atoms with Crippen molar-refractivity contribution in [2.45, 2.75) is 38.8 Å². The van der Waals surface area contributed by atoms with Gasteiger partial charge in [-0.25, -0.2) is 0 Å². The molecule has 1 aromatic carbocycles. The van der Waals surface area contributed by atoms with Gasteiger partial charge in [0.1, 0.15) is 12.7 Å². The van der Waals surface area contributed by atoms with Gasteiger partial charge in [0.15, 0.2) is 5.96 Å². The number of nitrogens with one attached hydrogen (secondary N) is 2. The lowest BCUT2D eigenvalue weighted by atomic mass is 10.2. The molecular formula is C19H27N7O. The summed E-state index contributed by atoms with van der Waals surface area (Å²) in [7, 11) is 1.77. The number of carbonyl (C=O) groups excluding carboxylic acids is 1. The lowest BCUT2D eigenvalue weighted by Crippen LogP contribution is -2.37. The minimum atomic E-state index is 0.217. The summed E-state index contributed by atoms with van der Waals surface area (Å²) in [5.74, 6) is 1.01. The molecule has 1 fully saturated rings. The van der Waals surface area contributed by atoms with Crippen LogP contribution in [-0.2, 0) is 17.9 Å². The quantitative estimate of drug-likeness (QED) is 0.419. The van der Waals surface area contributed by atoms with Crippen molar-refractivity contribution >= 4 is 17.6 Å². The minimum absolute atomic E-state index is 0.217. The molecule has 0 atom stereocenters. The first kappa shape index (κ1) is 18.9. The van der Waals surface area contributed by atoms with E-state index in [0.717, 1.165) is 56.1 Å². The first-order chi connectivity index (χ1) is 13.3. The van der Waals surface area contributed by atoms with Crippen LogP contribution in [-0.4, -0.2) is 46.8 Å². The molecule has 0 spiro atoms. The van der Waals surface area contributed by atoms with E-state index in [4.69, 9.17) is 0 Å². The molecule has 1 amide bonds. The van der Waals surface area contributed by atoms with Crippen LogP contribution in [0.25, 0.3) is 0 Å². The fourth-order valence-corrected chi connectivity index (χ4v) is 3.09. The van der Waals surface area contributed by atoms with Gasteiger partial charge < -0.3 is 20.1 Å². The number of guanidine groups is 1. The van der Waals surface area contributed by atoms with Crippen LogP contribution in [0.3, 0.4) is 0 Å². The van der Waals surface area contributed by atoms with E-state index in [1.807, 2.05) is 21.6 Å². The van der Waals surface area contributed by atoms with Gasteiger partial charge in [-0.15, -0.1) is 10.2 Å². The smallest absolute Gasteiger partial charge is 0.227 e. The maximum atomic E-state index is 11.8. The third-order valence-corrected chi connectivity index (χ3v) is 4.61. The van der Waals surface area contributed by atoms with Crippen LogP contribution in [0.5, 0.6) is 0 Å². The fourth-order valence-electron chi connectivity index (χ4n) is 3.09. The zero-order chi connectivity index (χ0) is 18.9. The van der Waals surface area contributed by atoms with Gasteiger partial charge in [0, 0.05) is 45.3 Å². The summed E-state index contributed by atoms with van der Waals surface area (Å²) >= 11 is 0. The second-order valence-electron chi connectivity index (χ2n) is 6.57. The van der Waals surface area contributed by atoms with Crippen molar-refractivity contribution in [1.82, 2.24) is 25.4 Å². The standard InChI is InChI=1S/C19H27N7O/c1-20-19(21-10-2-3-11-25-14-23-24-15-25)22-13-16-6-8-17(9-7-16)26-12-4-5-18(26)27/h6-9,14-15H,2-5,10-13H2,1H3,(H2,20,21,22). The number of amides is 1. The Morgan fingerprint density at radius 1 is 1.15 bits per heavy atom. The highest BCUT2D eigenvalue weighted by Gasteiger charge is 2.21. The first-order valence-corrected chi connectivity index (χ1v) is 9.42. The lowest BCUT2D eigenvalue weighted by molar-refractivity contribution is -0.117. The Morgan fingerprint density at radius 2 is 1.93 bits per heavy atom. The van der Waals surface area contributed by atoms with E-state index < -0.39 is 0 Å². The van der Waals surface area contributed by atoms with Gasteiger partial charge >= 0.3 is 0 Å². The molecule has 2 aromatic rings. The second kappa shape index (κ2) is 9.70. The SMILES string of the molecule is CN=C(NCCCCn1cnnc1)NCc1ccc(N2CCCC2=O)cc1. The predicted octanol–water partition coefficient (Wildman–Crippen LogP) is 1.55. The van der Waals surface area contributed by atoms with Crippen LogP contribution in [0.1, 0.15) is 31.2 Å². The highest BCUT2D eigenvalue weighted by molar-refractivity contribution is 5.95. The Bertz CT molecular complexity index is 740. The molecular weight excluding hydrogens is 342 g/mol. The molecule has 8 heteroatoms. The van der Waals surface area contributed by atoms with Crippen molar-refractivity contribution in [2.75, 3.05) is 25.0 Å². The summed E-state index contributed by atoms with van der Waals surface area (Å²) in [5.41, 5.74) is 2.14. The molecule has 0 radical (unpaired) electrons. The van der Waals surface area contributed by atoms with Gasteiger partial charge in [-0.3, -0.25) is 9.79 Å². The molecule has 1 saturated heterocycles. The maximum Gasteiger partial charge on any atom is 0.227 e. The Labute approximate surface area is 159 Å². The molecule has 1 aliphatic heterocycles. The molecule has 8 nitrogen and oxygen atoms in total. The lowest BCUT2D eigenvalue weighted by Gasteiger charge is -2.16. The van der Waals surface area contributed by atoms with Crippen LogP contribution >= 0.6 is 0 Å². The van der Waals surface area contributed by atoms with E-state index in [2.05, 4.69) is 38.0 Å². The van der Waals surface area contributed by atoms with Crippen molar-refractivity contribution in [1.29, 1.82) is 0 Å². The third kappa shape index (κ3) is 5.54. The molecule has 0 aliphatic carbocycles. The third-order valence-electron chi connectivity index (χ3n) is 4.61. The van der Waals surface area contributed by atoms with E-state index in [-0.39, 0.29) is 5.91 Å². The number of anilines is 1. The molecule has 0 saturated carbocycles. The number of aliphatic imine (C=N–C) groups is 1. The molecule has 144 valence electrons. The zero-order valence-corrected chi connectivity index (χ0v) is 15.8. The number of benzene rings is 1. The Morgan fingerprint density at radius 3 is 2.59 bits per heavy atom. The van der Waals surface area contributed by atoms with Gasteiger partial charge in [0.2, 0.25) is 5.91 Å². The highest BCUT2D eigenvalue weighted by atomic mass is 16.2. The second-order valence-corrected chi connectivity index (χ2v) is 6.57. The summed E-state index contributed by atoms with van der Waals surface area (Å²) in [6.45, 7) is 3.29. The van der Waals surface area contributed by atoms with Gasteiger partial charge in [-0.05, 0) is 37.0 Å². The Balaban J connectivity index is 1.36. The van der Waals surface area contributed by atoms with E-state index in [1.165, 1.54) is 0 Å². The number of hydrogen-bond donors (Lipinski definition) is 2. The highest BCUT2D eigenvalue weighted by Crippen LogP contribution is 2.21. The molecule has 0 bridgehead atoms. The number of carbonyl (C=O) groups is 1. The van der Waals surface area contributed by atoms with Crippen molar-refractivity contribution < 1.29 is 4.79 Å². The summed E-state index contributed by atoms with van der Waals surface area (Å²) in [6, 6.07) is 8.14. The molecule has 2 N–H and O–H groups in total. The van der Waals surface area contributed by atoms with Crippen LogP contribution in [0.4, 0.5) is 5.69 Å². The average molecular weight is 369 g/mol. The summed E-state index contributed by atoms with van der Waals surface area (Å²) in [6.07, 6.45) is 7.17. The summed E-state index contributed by atoms with van der Waals surface area (Å²) < 4.78 is 1.98. The molecule has 2 heterocycles. The van der Waals surface area contributed by atoms with Crippen LogP contribution in [0, 0.1) is 0 Å². The normalized spacial score (nSPS) is 14.6. The van der Waals surface area contributed by atoms with Crippen molar-refractivity contribution in [3.63, 3.8) is 0 Å². The zero-order valence-electron chi connectivity index (χ0n) is 15.8. The van der Waals surface area contributed by atoms with Crippen LogP contribution in [0.15, 0.2) is 41.9 Å². The van der Waals surface area contributed by atoms with E-state index in [1.54, 1.807) is 19.7 Å². The first-order valence-electron chi connectivity index (χ1n) is 9.42. The number of nitrogens with zero attached hydrogens (tertiary/aromatic N) is 5. The van der Waals surface area contributed by atoms with E-state index in [9.17, 15) is 4.79 Å². The monoisotopic (exact) mass is 369 g/mol. The average Bonchev–Trinajstić information content (AvgIpc) is 3.36. The largest absolute Gasteiger partial charge is 0.356 e. The van der Waals surface area contributed by atoms with Crippen LogP contribution in [0.2, 0.25) is 0 Å². The maximum absolute atomic E-state index is 11.8. The van der Waals surface area contributed by atoms with Crippen molar-refractivity contribution in [3.05, 3.63) is 42.5 Å². The molecule has 1 aromatic heterocycles. The van der Waals surface area contributed by atoms with Crippen molar-refractivity contribution in [3.8, 4) is 0 Å². The summed E-state index contributed by atoms with van der Waals surface area (Å²) in [5, 5.41) is 14.2. The van der Waals surface area contributed by atoms with Gasteiger partial charge in [0.25, 0.3) is 0 Å². The molecule has 27 heavy (non-hydrogen) atoms. The minimum Gasteiger partial charge on any atom is -0.356 e. The molecule has 3 rings (SSSR count). The number of aryl methyl sites for hydroxylation is 1. The molecule has 1 aliphatic rings. The topological polar surface area (TPSA) is 87.4 Å². The van der Waals surface area contributed by atoms with Crippen molar-refractivity contribution in [2.24, 2.45) is 4.99 Å². The Kier molecular flexibility index (Phi) is 6.78. The fraction of sp³-hybridized carbons (Fsp3) is 0.474. The van der Waals surface area contributed by atoms with Crippen LogP contribution < -0.4 is 15.5 Å². The van der Waals surface area contributed by atoms with E-state index >= 15 is 0 Å². The molecule has 0 unspecified atom stereocenters. The number of aromatic nitrogens is 3. The van der Waals surface area contributed by atoms with Gasteiger partial charge in [-0.2, -0.15) is 0 Å². The van der Waals surface area contributed by atoms with Gasteiger partial charge in [0.05, 0.1) is 0 Å². The number of hydrogen-bond acceptors (Lipinski definition) is 4.